The smallest absolute Gasteiger partial charge is 0.265 e. The molecule has 6 nitrogen and oxygen atoms in total. The first-order valence-electron chi connectivity index (χ1n) is 8.01. The molecule has 132 valence electrons. The molecule has 0 spiro atoms. The van der Waals surface area contributed by atoms with E-state index in [1.165, 1.54) is 6.92 Å². The van der Waals surface area contributed by atoms with E-state index < -0.39 is 6.10 Å². The number of carbonyl (C=O) groups excluding carboxylic acids is 2. The van der Waals surface area contributed by atoms with Gasteiger partial charge >= 0.3 is 0 Å². The number of benzene rings is 2. The van der Waals surface area contributed by atoms with Gasteiger partial charge in [-0.1, -0.05) is 13.0 Å². The van der Waals surface area contributed by atoms with Gasteiger partial charge in [0.15, 0.2) is 6.10 Å². The lowest BCUT2D eigenvalue weighted by molar-refractivity contribution is -0.122. The van der Waals surface area contributed by atoms with Crippen LogP contribution in [0, 0.1) is 0 Å². The van der Waals surface area contributed by atoms with Gasteiger partial charge in [-0.15, -0.1) is 0 Å². The van der Waals surface area contributed by atoms with Gasteiger partial charge in [-0.05, 0) is 48.9 Å². The number of anilines is 2. The van der Waals surface area contributed by atoms with Crippen molar-refractivity contribution in [3.8, 4) is 11.5 Å². The largest absolute Gasteiger partial charge is 0.497 e. The average Bonchev–Trinajstić information content (AvgIpc) is 2.59. The van der Waals surface area contributed by atoms with Crippen LogP contribution in [0.4, 0.5) is 11.4 Å². The highest BCUT2D eigenvalue weighted by Gasteiger charge is 2.18. The molecule has 0 saturated carbocycles. The second kappa shape index (κ2) is 8.73. The van der Waals surface area contributed by atoms with Crippen molar-refractivity contribution in [3.05, 3.63) is 48.5 Å². The number of ether oxygens (including phenoxy) is 2. The number of carbonyl (C=O) groups is 2. The summed E-state index contributed by atoms with van der Waals surface area (Å²) in [5, 5.41) is 5.49. The molecule has 2 aromatic carbocycles. The summed E-state index contributed by atoms with van der Waals surface area (Å²) in [4.78, 5) is 23.6. The first-order chi connectivity index (χ1) is 12.0. The summed E-state index contributed by atoms with van der Waals surface area (Å²) in [6.45, 7) is 3.31. The fraction of sp³-hybridized carbons (Fsp3) is 0.263. The summed E-state index contributed by atoms with van der Waals surface area (Å²) in [5.41, 5.74) is 1.21. The molecule has 2 aromatic rings. The Morgan fingerprint density at radius 2 is 1.60 bits per heavy atom. The molecular formula is C19H22N2O4. The Labute approximate surface area is 147 Å². The highest BCUT2D eigenvalue weighted by atomic mass is 16.5. The maximum Gasteiger partial charge on any atom is 0.265 e. The monoisotopic (exact) mass is 342 g/mol. The zero-order valence-electron chi connectivity index (χ0n) is 14.5. The lowest BCUT2D eigenvalue weighted by Gasteiger charge is -2.18. The van der Waals surface area contributed by atoms with E-state index in [9.17, 15) is 9.59 Å². The molecule has 25 heavy (non-hydrogen) atoms. The summed E-state index contributed by atoms with van der Waals surface area (Å²) >= 11 is 0. The maximum absolute atomic E-state index is 12.5. The predicted octanol–water partition coefficient (Wildman–Crippen LogP) is 3.45. The molecule has 0 saturated heterocycles. The van der Waals surface area contributed by atoms with E-state index in [-0.39, 0.29) is 11.8 Å². The Kier molecular flexibility index (Phi) is 6.39. The van der Waals surface area contributed by atoms with Crippen LogP contribution in [0.3, 0.4) is 0 Å². The van der Waals surface area contributed by atoms with Crippen molar-refractivity contribution in [1.82, 2.24) is 0 Å². The van der Waals surface area contributed by atoms with Crippen LogP contribution in [-0.4, -0.2) is 25.0 Å². The molecule has 6 heteroatoms. The number of nitrogens with one attached hydrogen (secondary N) is 2. The molecule has 0 aliphatic carbocycles. The fourth-order valence-electron chi connectivity index (χ4n) is 2.24. The number of hydrogen-bond acceptors (Lipinski definition) is 4. The van der Waals surface area contributed by atoms with Crippen molar-refractivity contribution >= 4 is 23.2 Å². The molecule has 0 aliphatic rings. The quantitative estimate of drug-likeness (QED) is 0.808. The molecule has 1 atom stereocenters. The first kappa shape index (κ1) is 18.3. The predicted molar refractivity (Wildman–Crippen MR) is 97.1 cm³/mol. The molecule has 0 radical (unpaired) electrons. The standard InChI is InChI=1S/C19H22N2O4/c1-4-18(25-17-10-8-16(24-3)9-11-17)19(23)21-15-7-5-6-14(12-15)20-13(2)22/h5-12,18H,4H2,1-3H3,(H,20,22)(H,21,23)/t18-/m1/s1. The molecule has 0 fully saturated rings. The van der Waals surface area contributed by atoms with Crippen LogP contribution in [-0.2, 0) is 9.59 Å². The van der Waals surface area contributed by atoms with Gasteiger partial charge in [0.2, 0.25) is 5.91 Å². The minimum atomic E-state index is -0.627. The maximum atomic E-state index is 12.5. The topological polar surface area (TPSA) is 76.7 Å². The molecular weight excluding hydrogens is 320 g/mol. The second-order valence-corrected chi connectivity index (χ2v) is 5.44. The Morgan fingerprint density at radius 1 is 1.00 bits per heavy atom. The molecule has 2 amide bonds. The third-order valence-electron chi connectivity index (χ3n) is 3.45. The van der Waals surface area contributed by atoms with Crippen LogP contribution in [0.1, 0.15) is 20.3 Å². The summed E-state index contributed by atoms with van der Waals surface area (Å²) in [5.74, 6) is 0.894. The molecule has 2 rings (SSSR count). The van der Waals surface area contributed by atoms with Crippen molar-refractivity contribution in [2.24, 2.45) is 0 Å². The van der Waals surface area contributed by atoms with E-state index in [0.717, 1.165) is 5.75 Å². The van der Waals surface area contributed by atoms with Gasteiger partial charge in [-0.25, -0.2) is 0 Å². The second-order valence-electron chi connectivity index (χ2n) is 5.44. The Balaban J connectivity index is 2.02. The first-order valence-corrected chi connectivity index (χ1v) is 8.01. The zero-order chi connectivity index (χ0) is 18.2. The Bertz CT molecular complexity index is 728. The molecule has 0 aliphatic heterocycles. The van der Waals surface area contributed by atoms with Crippen molar-refractivity contribution in [2.75, 3.05) is 17.7 Å². The van der Waals surface area contributed by atoms with Crippen LogP contribution in [0.2, 0.25) is 0 Å². The number of amides is 2. The third-order valence-corrected chi connectivity index (χ3v) is 3.45. The number of rotatable bonds is 7. The van der Waals surface area contributed by atoms with Gasteiger partial charge < -0.3 is 20.1 Å². The van der Waals surface area contributed by atoms with Crippen molar-refractivity contribution in [3.63, 3.8) is 0 Å². The van der Waals surface area contributed by atoms with Gasteiger partial charge in [0.1, 0.15) is 11.5 Å². The van der Waals surface area contributed by atoms with Gasteiger partial charge in [0.25, 0.3) is 5.91 Å². The van der Waals surface area contributed by atoms with Crippen molar-refractivity contribution in [1.29, 1.82) is 0 Å². The molecule has 0 heterocycles. The van der Waals surface area contributed by atoms with Crippen LogP contribution in [0.15, 0.2) is 48.5 Å². The number of methoxy groups -OCH3 is 1. The number of hydrogen-bond donors (Lipinski definition) is 2. The minimum absolute atomic E-state index is 0.169. The van der Waals surface area contributed by atoms with Crippen LogP contribution in [0.25, 0.3) is 0 Å². The average molecular weight is 342 g/mol. The summed E-state index contributed by atoms with van der Waals surface area (Å²) < 4.78 is 10.9. The molecule has 2 N–H and O–H groups in total. The SMILES string of the molecule is CC[C@@H](Oc1ccc(OC)cc1)C(=O)Nc1cccc(NC(C)=O)c1. The van der Waals surface area contributed by atoms with E-state index in [2.05, 4.69) is 10.6 Å². The van der Waals surface area contributed by atoms with Gasteiger partial charge in [-0.3, -0.25) is 9.59 Å². The lowest BCUT2D eigenvalue weighted by atomic mass is 10.2. The Morgan fingerprint density at radius 3 is 2.16 bits per heavy atom. The van der Waals surface area contributed by atoms with E-state index in [1.807, 2.05) is 6.92 Å². The van der Waals surface area contributed by atoms with Gasteiger partial charge in [0, 0.05) is 18.3 Å². The Hall–Kier alpha value is -3.02. The third kappa shape index (κ3) is 5.53. The van der Waals surface area contributed by atoms with E-state index in [1.54, 1.807) is 55.6 Å². The molecule has 0 unspecified atom stereocenters. The van der Waals surface area contributed by atoms with E-state index in [4.69, 9.17) is 9.47 Å². The lowest BCUT2D eigenvalue weighted by Crippen LogP contribution is -2.32. The normalized spacial score (nSPS) is 11.3. The fourth-order valence-corrected chi connectivity index (χ4v) is 2.24. The van der Waals surface area contributed by atoms with Gasteiger partial charge in [-0.2, -0.15) is 0 Å². The molecule has 0 bridgehead atoms. The summed E-state index contributed by atoms with van der Waals surface area (Å²) in [6, 6.07) is 14.0. The highest BCUT2D eigenvalue weighted by molar-refractivity contribution is 5.95. The summed E-state index contributed by atoms with van der Waals surface area (Å²) in [6.07, 6.45) is -0.110. The van der Waals surface area contributed by atoms with Crippen LogP contribution >= 0.6 is 0 Å². The minimum Gasteiger partial charge on any atom is -0.497 e. The van der Waals surface area contributed by atoms with E-state index >= 15 is 0 Å². The highest BCUT2D eigenvalue weighted by Crippen LogP contribution is 2.20. The van der Waals surface area contributed by atoms with Crippen LogP contribution < -0.4 is 20.1 Å². The zero-order valence-corrected chi connectivity index (χ0v) is 14.5. The van der Waals surface area contributed by atoms with Crippen molar-refractivity contribution in [2.45, 2.75) is 26.4 Å². The van der Waals surface area contributed by atoms with Crippen LogP contribution in [0.5, 0.6) is 11.5 Å². The van der Waals surface area contributed by atoms with Gasteiger partial charge in [0.05, 0.1) is 7.11 Å². The molecule has 0 aromatic heterocycles. The van der Waals surface area contributed by atoms with E-state index in [0.29, 0.717) is 23.5 Å². The van der Waals surface area contributed by atoms with Crippen molar-refractivity contribution < 1.29 is 19.1 Å². The summed E-state index contributed by atoms with van der Waals surface area (Å²) in [7, 11) is 1.59.